The van der Waals surface area contributed by atoms with E-state index in [9.17, 15) is 0 Å². The Morgan fingerprint density at radius 3 is 2.68 bits per heavy atom. The van der Waals surface area contributed by atoms with Gasteiger partial charge in [-0.25, -0.2) is 0 Å². The minimum Gasteiger partial charge on any atom is -0.459 e. The van der Waals surface area contributed by atoms with Gasteiger partial charge < -0.3 is 9.73 Å². The lowest BCUT2D eigenvalue weighted by Gasteiger charge is -2.11. The van der Waals surface area contributed by atoms with Gasteiger partial charge in [0.05, 0.1) is 6.04 Å². The van der Waals surface area contributed by atoms with Crippen molar-refractivity contribution in [3.63, 3.8) is 0 Å². The van der Waals surface area contributed by atoms with Gasteiger partial charge in [0.2, 0.25) is 0 Å². The third-order valence-electron chi connectivity index (χ3n) is 3.35. The van der Waals surface area contributed by atoms with E-state index < -0.39 is 0 Å². The summed E-state index contributed by atoms with van der Waals surface area (Å²) in [4.78, 5) is 1.32. The molecule has 2 nitrogen and oxygen atoms in total. The summed E-state index contributed by atoms with van der Waals surface area (Å²) in [6, 6.07) is 10.8. The summed E-state index contributed by atoms with van der Waals surface area (Å²) in [6.07, 6.45) is 0. The number of rotatable bonds is 3. The van der Waals surface area contributed by atoms with E-state index in [4.69, 9.17) is 4.42 Å². The Morgan fingerprint density at radius 2 is 2.00 bits per heavy atom. The highest BCUT2D eigenvalue weighted by Crippen LogP contribution is 2.30. The first kappa shape index (κ1) is 12.5. The van der Waals surface area contributed by atoms with Crippen molar-refractivity contribution < 1.29 is 4.42 Å². The molecule has 1 N–H and O–H groups in total. The average Bonchev–Trinajstić information content (AvgIpc) is 2.96. The predicted octanol–water partition coefficient (Wildman–Crippen LogP) is 4.42. The zero-order chi connectivity index (χ0) is 13.4. The van der Waals surface area contributed by atoms with Crippen molar-refractivity contribution in [3.8, 4) is 0 Å². The van der Waals surface area contributed by atoms with Crippen LogP contribution in [0.5, 0.6) is 0 Å². The van der Waals surface area contributed by atoms with Crippen molar-refractivity contribution in [2.45, 2.75) is 19.9 Å². The topological polar surface area (TPSA) is 25.2 Å². The predicted molar refractivity (Wildman–Crippen MR) is 80.9 cm³/mol. The molecule has 0 fully saturated rings. The molecule has 19 heavy (non-hydrogen) atoms. The molecule has 0 aliphatic carbocycles. The van der Waals surface area contributed by atoms with E-state index in [1.807, 2.05) is 13.1 Å². The van der Waals surface area contributed by atoms with E-state index in [2.05, 4.69) is 48.8 Å². The Morgan fingerprint density at radius 1 is 1.16 bits per heavy atom. The fraction of sp³-hybridized carbons (Fsp3) is 0.250. The summed E-state index contributed by atoms with van der Waals surface area (Å²) in [5, 5.41) is 6.69. The van der Waals surface area contributed by atoms with Crippen LogP contribution in [0.4, 0.5) is 0 Å². The van der Waals surface area contributed by atoms with Gasteiger partial charge in [-0.15, -0.1) is 11.3 Å². The molecule has 3 rings (SSSR count). The molecule has 3 heteroatoms. The quantitative estimate of drug-likeness (QED) is 0.763. The minimum atomic E-state index is 0.123. The van der Waals surface area contributed by atoms with Gasteiger partial charge in [0.15, 0.2) is 0 Å². The van der Waals surface area contributed by atoms with Crippen molar-refractivity contribution >= 4 is 22.3 Å². The average molecular weight is 271 g/mol. The third kappa shape index (κ3) is 2.31. The summed E-state index contributed by atoms with van der Waals surface area (Å²) in [6.45, 7) is 4.23. The van der Waals surface area contributed by atoms with Crippen LogP contribution in [-0.2, 0) is 0 Å². The molecule has 0 amide bonds. The lowest BCUT2D eigenvalue weighted by Crippen LogP contribution is -2.16. The summed E-state index contributed by atoms with van der Waals surface area (Å²) in [5.74, 6) is 0.973. The standard InChI is InChI=1S/C16H17NOS/c1-10-4-5-14-12(6-10)8-15(18-14)16(17-3)13-7-11(2)19-9-13/h4-9,16-17H,1-3H3. The van der Waals surface area contributed by atoms with Crippen LogP contribution in [-0.4, -0.2) is 7.05 Å². The molecule has 0 saturated heterocycles. The molecular formula is C16H17NOS. The molecule has 1 aromatic carbocycles. The number of thiophene rings is 1. The molecule has 0 aliphatic rings. The highest BCUT2D eigenvalue weighted by Gasteiger charge is 2.17. The van der Waals surface area contributed by atoms with Crippen LogP contribution in [0.15, 0.2) is 40.1 Å². The van der Waals surface area contributed by atoms with Crippen LogP contribution in [0, 0.1) is 13.8 Å². The lowest BCUT2D eigenvalue weighted by molar-refractivity contribution is 0.492. The third-order valence-corrected chi connectivity index (χ3v) is 4.23. The zero-order valence-electron chi connectivity index (χ0n) is 11.4. The highest BCUT2D eigenvalue weighted by atomic mass is 32.1. The molecule has 98 valence electrons. The van der Waals surface area contributed by atoms with Crippen LogP contribution < -0.4 is 5.32 Å². The van der Waals surface area contributed by atoms with E-state index in [1.165, 1.54) is 21.4 Å². The molecule has 0 spiro atoms. The van der Waals surface area contributed by atoms with Gasteiger partial charge in [0, 0.05) is 10.3 Å². The van der Waals surface area contributed by atoms with Gasteiger partial charge in [-0.05, 0) is 56.1 Å². The highest BCUT2D eigenvalue weighted by molar-refractivity contribution is 7.10. The Kier molecular flexibility index (Phi) is 3.17. The smallest absolute Gasteiger partial charge is 0.134 e. The number of benzene rings is 1. The zero-order valence-corrected chi connectivity index (χ0v) is 12.2. The molecule has 0 saturated carbocycles. The second-order valence-corrected chi connectivity index (χ2v) is 6.02. The molecule has 2 aromatic heterocycles. The Labute approximate surface area is 117 Å². The van der Waals surface area contributed by atoms with Crippen molar-refractivity contribution in [3.05, 3.63) is 57.5 Å². The molecule has 3 aromatic rings. The number of hydrogen-bond donors (Lipinski definition) is 1. The van der Waals surface area contributed by atoms with Crippen molar-refractivity contribution in [1.29, 1.82) is 0 Å². The fourth-order valence-electron chi connectivity index (χ4n) is 2.41. The Balaban J connectivity index is 2.06. The van der Waals surface area contributed by atoms with Crippen LogP contribution in [0.1, 0.15) is 27.8 Å². The Bertz CT molecular complexity index is 710. The summed E-state index contributed by atoms with van der Waals surface area (Å²) in [5.41, 5.74) is 3.47. The van der Waals surface area contributed by atoms with Gasteiger partial charge in [-0.1, -0.05) is 11.6 Å². The number of nitrogens with one attached hydrogen (secondary N) is 1. The molecule has 1 unspecified atom stereocenters. The molecule has 0 aliphatic heterocycles. The molecule has 2 heterocycles. The van der Waals surface area contributed by atoms with Crippen LogP contribution in [0.3, 0.4) is 0 Å². The maximum absolute atomic E-state index is 5.98. The lowest BCUT2D eigenvalue weighted by atomic mass is 10.1. The fourth-order valence-corrected chi connectivity index (χ4v) is 3.14. The number of fused-ring (bicyclic) bond motifs is 1. The van der Waals surface area contributed by atoms with Gasteiger partial charge in [0.25, 0.3) is 0 Å². The first-order valence-corrected chi connectivity index (χ1v) is 7.28. The first-order valence-electron chi connectivity index (χ1n) is 6.40. The van der Waals surface area contributed by atoms with Gasteiger partial charge in [0.1, 0.15) is 11.3 Å². The van der Waals surface area contributed by atoms with Crippen LogP contribution >= 0.6 is 11.3 Å². The van der Waals surface area contributed by atoms with E-state index in [1.54, 1.807) is 11.3 Å². The SMILES string of the molecule is CNC(c1csc(C)c1)c1cc2cc(C)ccc2o1. The Hall–Kier alpha value is -1.58. The van der Waals surface area contributed by atoms with Crippen molar-refractivity contribution in [1.82, 2.24) is 5.32 Å². The van der Waals surface area contributed by atoms with E-state index in [0.29, 0.717) is 0 Å². The van der Waals surface area contributed by atoms with Crippen molar-refractivity contribution in [2.24, 2.45) is 0 Å². The summed E-state index contributed by atoms with van der Waals surface area (Å²) in [7, 11) is 1.97. The monoisotopic (exact) mass is 271 g/mol. The molecular weight excluding hydrogens is 254 g/mol. The molecule has 0 radical (unpaired) electrons. The van der Waals surface area contributed by atoms with E-state index in [-0.39, 0.29) is 6.04 Å². The maximum atomic E-state index is 5.98. The minimum absolute atomic E-state index is 0.123. The largest absolute Gasteiger partial charge is 0.459 e. The summed E-state index contributed by atoms with van der Waals surface area (Å²) >= 11 is 1.77. The number of hydrogen-bond acceptors (Lipinski definition) is 3. The van der Waals surface area contributed by atoms with Gasteiger partial charge in [-0.3, -0.25) is 0 Å². The van der Waals surface area contributed by atoms with Crippen molar-refractivity contribution in [2.75, 3.05) is 7.05 Å². The molecule has 0 bridgehead atoms. The van der Waals surface area contributed by atoms with Gasteiger partial charge in [-0.2, -0.15) is 0 Å². The maximum Gasteiger partial charge on any atom is 0.134 e. The number of aryl methyl sites for hydroxylation is 2. The van der Waals surface area contributed by atoms with E-state index in [0.717, 1.165) is 11.3 Å². The van der Waals surface area contributed by atoms with Crippen LogP contribution in [0.25, 0.3) is 11.0 Å². The molecule has 1 atom stereocenters. The normalized spacial score (nSPS) is 13.0. The number of furan rings is 1. The second kappa shape index (κ2) is 4.83. The van der Waals surface area contributed by atoms with Gasteiger partial charge >= 0.3 is 0 Å². The first-order chi connectivity index (χ1) is 9.17. The summed E-state index contributed by atoms with van der Waals surface area (Å²) < 4.78 is 5.98. The van der Waals surface area contributed by atoms with Crippen LogP contribution in [0.2, 0.25) is 0 Å². The second-order valence-electron chi connectivity index (χ2n) is 4.90. The van der Waals surface area contributed by atoms with E-state index >= 15 is 0 Å².